The van der Waals surface area contributed by atoms with Gasteiger partial charge in [0.25, 0.3) is 0 Å². The Balaban J connectivity index is 1.74. The first-order valence-corrected chi connectivity index (χ1v) is 5.92. The molecule has 2 fully saturated rings. The third kappa shape index (κ3) is 2.59. The minimum Gasteiger partial charge on any atom is -0.352 e. The van der Waals surface area contributed by atoms with Crippen molar-refractivity contribution < 1.29 is 4.79 Å². The van der Waals surface area contributed by atoms with Gasteiger partial charge in [-0.15, -0.1) is 6.58 Å². The molecule has 3 nitrogen and oxygen atoms in total. The molecule has 1 heterocycles. The van der Waals surface area contributed by atoms with Crippen molar-refractivity contribution in [2.45, 2.75) is 19.3 Å². The third-order valence-electron chi connectivity index (χ3n) is 3.59. The Morgan fingerprint density at radius 1 is 1.47 bits per heavy atom. The number of piperidine rings is 1. The molecule has 2 rings (SSSR count). The van der Waals surface area contributed by atoms with Crippen LogP contribution in [0.5, 0.6) is 0 Å². The van der Waals surface area contributed by atoms with E-state index in [0.29, 0.717) is 18.4 Å². The van der Waals surface area contributed by atoms with E-state index in [9.17, 15) is 4.79 Å². The predicted molar refractivity (Wildman–Crippen MR) is 60.4 cm³/mol. The Bertz CT molecular complexity index is 246. The lowest BCUT2D eigenvalue weighted by Crippen LogP contribution is -2.31. The number of carbonyl (C=O) groups is 1. The lowest BCUT2D eigenvalue weighted by Gasteiger charge is -2.22. The van der Waals surface area contributed by atoms with E-state index in [-0.39, 0.29) is 5.91 Å². The smallest absolute Gasteiger partial charge is 0.223 e. The van der Waals surface area contributed by atoms with Crippen molar-refractivity contribution in [1.82, 2.24) is 10.6 Å². The molecule has 84 valence electrons. The van der Waals surface area contributed by atoms with E-state index < -0.39 is 0 Å². The average molecular weight is 208 g/mol. The van der Waals surface area contributed by atoms with Crippen LogP contribution >= 0.6 is 0 Å². The molecule has 0 radical (unpaired) electrons. The average Bonchev–Trinajstić information content (AvgIpc) is 3.07. The van der Waals surface area contributed by atoms with Gasteiger partial charge in [0.2, 0.25) is 5.91 Å². The van der Waals surface area contributed by atoms with E-state index in [0.717, 1.165) is 25.4 Å². The zero-order valence-corrected chi connectivity index (χ0v) is 9.17. The predicted octanol–water partition coefficient (Wildman–Crippen LogP) is 0.924. The van der Waals surface area contributed by atoms with Crippen LogP contribution in [0.1, 0.15) is 19.3 Å². The Kier molecular flexibility index (Phi) is 3.41. The molecule has 1 aliphatic carbocycles. The van der Waals surface area contributed by atoms with Crippen LogP contribution in [0.3, 0.4) is 0 Å². The van der Waals surface area contributed by atoms with E-state index in [1.807, 2.05) is 0 Å². The molecule has 2 aliphatic rings. The first kappa shape index (κ1) is 10.7. The molecule has 15 heavy (non-hydrogen) atoms. The second-order valence-corrected chi connectivity index (χ2v) is 4.63. The molecule has 2 N–H and O–H groups in total. The van der Waals surface area contributed by atoms with Crippen molar-refractivity contribution in [3.63, 3.8) is 0 Å². The molecule has 1 saturated heterocycles. The van der Waals surface area contributed by atoms with Crippen molar-refractivity contribution in [2.75, 3.05) is 19.6 Å². The van der Waals surface area contributed by atoms with Crippen LogP contribution in [0, 0.1) is 17.8 Å². The highest BCUT2D eigenvalue weighted by Crippen LogP contribution is 2.47. The van der Waals surface area contributed by atoms with Gasteiger partial charge in [-0.3, -0.25) is 4.79 Å². The minimum atomic E-state index is 0.235. The van der Waals surface area contributed by atoms with Crippen LogP contribution in [-0.4, -0.2) is 25.5 Å². The number of amides is 1. The van der Waals surface area contributed by atoms with Crippen LogP contribution in [0.25, 0.3) is 0 Å². The Labute approximate surface area is 91.3 Å². The summed E-state index contributed by atoms with van der Waals surface area (Å²) in [4.78, 5) is 11.6. The summed E-state index contributed by atoms with van der Waals surface area (Å²) in [6, 6.07) is 0. The first-order chi connectivity index (χ1) is 7.33. The van der Waals surface area contributed by atoms with Crippen LogP contribution in [-0.2, 0) is 4.79 Å². The molecule has 0 aromatic carbocycles. The van der Waals surface area contributed by atoms with Gasteiger partial charge < -0.3 is 10.6 Å². The molecule has 0 aromatic rings. The fraction of sp³-hybridized carbons (Fsp3) is 0.750. The lowest BCUT2D eigenvalue weighted by molar-refractivity contribution is -0.122. The van der Waals surface area contributed by atoms with Crippen molar-refractivity contribution in [3.05, 3.63) is 12.7 Å². The van der Waals surface area contributed by atoms with Crippen molar-refractivity contribution in [2.24, 2.45) is 17.8 Å². The first-order valence-electron chi connectivity index (χ1n) is 5.92. The summed E-state index contributed by atoms with van der Waals surface area (Å²) in [5, 5.41) is 6.25. The number of hydrogen-bond donors (Lipinski definition) is 2. The van der Waals surface area contributed by atoms with Gasteiger partial charge in [0.15, 0.2) is 0 Å². The van der Waals surface area contributed by atoms with E-state index in [4.69, 9.17) is 0 Å². The highest BCUT2D eigenvalue weighted by Gasteiger charge is 2.47. The fourth-order valence-corrected chi connectivity index (χ4v) is 2.61. The van der Waals surface area contributed by atoms with Crippen LogP contribution in [0.15, 0.2) is 12.7 Å². The Morgan fingerprint density at radius 2 is 2.20 bits per heavy atom. The van der Waals surface area contributed by atoms with Crippen LogP contribution in [0.2, 0.25) is 0 Å². The summed E-state index contributed by atoms with van der Waals surface area (Å²) in [6.45, 7) is 6.46. The Morgan fingerprint density at radius 3 is 2.87 bits per heavy atom. The Hall–Kier alpha value is -0.830. The van der Waals surface area contributed by atoms with Gasteiger partial charge in [-0.05, 0) is 44.2 Å². The third-order valence-corrected chi connectivity index (χ3v) is 3.59. The number of nitrogens with one attached hydrogen (secondary N) is 2. The van der Waals surface area contributed by atoms with Crippen molar-refractivity contribution >= 4 is 5.91 Å². The van der Waals surface area contributed by atoms with E-state index >= 15 is 0 Å². The van der Waals surface area contributed by atoms with Crippen molar-refractivity contribution in [1.29, 1.82) is 0 Å². The normalized spacial score (nSPS) is 30.9. The van der Waals surface area contributed by atoms with Gasteiger partial charge in [0.05, 0.1) is 0 Å². The van der Waals surface area contributed by atoms with Gasteiger partial charge in [0.1, 0.15) is 0 Å². The van der Waals surface area contributed by atoms with Crippen molar-refractivity contribution in [3.8, 4) is 0 Å². The summed E-state index contributed by atoms with van der Waals surface area (Å²) in [5.41, 5.74) is 0. The summed E-state index contributed by atoms with van der Waals surface area (Å²) in [7, 11) is 0. The molecular weight excluding hydrogens is 188 g/mol. The van der Waals surface area contributed by atoms with Crippen LogP contribution in [0.4, 0.5) is 0 Å². The molecular formula is C12H20N2O. The van der Waals surface area contributed by atoms with E-state index in [1.54, 1.807) is 6.08 Å². The molecule has 1 amide bonds. The fourth-order valence-electron chi connectivity index (χ4n) is 2.61. The highest BCUT2D eigenvalue weighted by atomic mass is 16.2. The van der Waals surface area contributed by atoms with Gasteiger partial charge >= 0.3 is 0 Å². The molecule has 0 aromatic heterocycles. The second kappa shape index (κ2) is 4.79. The zero-order valence-electron chi connectivity index (χ0n) is 9.17. The maximum Gasteiger partial charge on any atom is 0.223 e. The number of hydrogen-bond acceptors (Lipinski definition) is 2. The summed E-state index contributed by atoms with van der Waals surface area (Å²) < 4.78 is 0. The van der Waals surface area contributed by atoms with Gasteiger partial charge in [-0.2, -0.15) is 0 Å². The molecule has 1 saturated carbocycles. The van der Waals surface area contributed by atoms with Crippen LogP contribution < -0.4 is 10.6 Å². The summed E-state index contributed by atoms with van der Waals surface area (Å²) in [5.74, 6) is 1.98. The van der Waals surface area contributed by atoms with Gasteiger partial charge in [-0.1, -0.05) is 6.08 Å². The van der Waals surface area contributed by atoms with Gasteiger partial charge in [-0.25, -0.2) is 0 Å². The number of rotatable bonds is 4. The number of carbonyl (C=O) groups excluding carboxylic acids is 1. The molecule has 0 unspecified atom stereocenters. The second-order valence-electron chi connectivity index (χ2n) is 4.63. The monoisotopic (exact) mass is 208 g/mol. The summed E-state index contributed by atoms with van der Waals surface area (Å²) in [6.07, 6.45) is 5.33. The molecule has 2 atom stereocenters. The topological polar surface area (TPSA) is 41.1 Å². The minimum absolute atomic E-state index is 0.235. The molecule has 3 heteroatoms. The SMILES string of the molecule is C=CCNC(=O)[C@@H]1C[C@H]1C1CCNCC1. The molecule has 1 aliphatic heterocycles. The highest BCUT2D eigenvalue weighted by molar-refractivity contribution is 5.81. The largest absolute Gasteiger partial charge is 0.352 e. The van der Waals surface area contributed by atoms with Gasteiger partial charge in [0, 0.05) is 12.5 Å². The molecule has 0 bridgehead atoms. The summed E-state index contributed by atoms with van der Waals surface area (Å²) >= 11 is 0. The molecule has 0 spiro atoms. The quantitative estimate of drug-likeness (QED) is 0.675. The zero-order chi connectivity index (χ0) is 10.7. The maximum absolute atomic E-state index is 11.6. The van der Waals surface area contributed by atoms with E-state index in [2.05, 4.69) is 17.2 Å². The van der Waals surface area contributed by atoms with E-state index in [1.165, 1.54) is 12.8 Å². The lowest BCUT2D eigenvalue weighted by atomic mass is 9.92. The standard InChI is InChI=1S/C12H20N2O/c1-2-5-14-12(15)11-8-10(11)9-3-6-13-7-4-9/h2,9-11,13H,1,3-8H2,(H,14,15)/t10-,11+/m0/s1. The maximum atomic E-state index is 11.6.